The van der Waals surface area contributed by atoms with E-state index in [1.54, 1.807) is 12.1 Å². The second-order valence-corrected chi connectivity index (χ2v) is 5.21. The van der Waals surface area contributed by atoms with Crippen LogP contribution in [0.1, 0.15) is 15.9 Å². The summed E-state index contributed by atoms with van der Waals surface area (Å²) in [4.78, 5) is 12.4. The number of benzene rings is 2. The number of allylic oxidation sites excluding steroid dienone is 1. The monoisotopic (exact) mass is 328 g/mol. The summed E-state index contributed by atoms with van der Waals surface area (Å²) in [6, 6.07) is 6.00. The molecule has 2 aromatic rings. The minimum atomic E-state index is -0.465. The van der Waals surface area contributed by atoms with Gasteiger partial charge in [-0.25, -0.2) is 0 Å². The molecule has 0 saturated heterocycles. The number of methoxy groups -OCH3 is 1. The van der Waals surface area contributed by atoms with Crippen molar-refractivity contribution < 1.29 is 34.0 Å². The Hall–Kier alpha value is -3.35. The van der Waals surface area contributed by atoms with E-state index in [9.17, 15) is 15.0 Å². The second-order valence-electron chi connectivity index (χ2n) is 5.21. The zero-order valence-corrected chi connectivity index (χ0v) is 12.5. The van der Waals surface area contributed by atoms with Gasteiger partial charge in [0.2, 0.25) is 24.1 Å². The molecule has 0 bridgehead atoms. The van der Waals surface area contributed by atoms with Crippen molar-refractivity contribution >= 4 is 11.9 Å². The Labute approximate surface area is 136 Å². The Morgan fingerprint density at radius 2 is 2.00 bits per heavy atom. The fourth-order valence-corrected chi connectivity index (χ4v) is 2.61. The first-order chi connectivity index (χ1) is 11.6. The van der Waals surface area contributed by atoms with Crippen molar-refractivity contribution in [3.05, 3.63) is 41.2 Å². The summed E-state index contributed by atoms with van der Waals surface area (Å²) in [7, 11) is 1.50. The van der Waals surface area contributed by atoms with E-state index in [0.29, 0.717) is 22.8 Å². The largest absolute Gasteiger partial charge is 0.504 e. The van der Waals surface area contributed by atoms with Crippen LogP contribution in [0.4, 0.5) is 0 Å². The third kappa shape index (κ3) is 2.02. The third-order valence-electron chi connectivity index (χ3n) is 3.77. The molecule has 0 radical (unpaired) electrons. The normalized spacial score (nSPS) is 16.2. The van der Waals surface area contributed by atoms with Crippen molar-refractivity contribution in [2.24, 2.45) is 0 Å². The maximum absolute atomic E-state index is 12.4. The van der Waals surface area contributed by atoms with E-state index in [1.807, 2.05) is 0 Å². The van der Waals surface area contributed by atoms with Crippen LogP contribution in [0.5, 0.6) is 34.5 Å². The SMILES string of the molecule is COc1cc(C=C2Oc3c(ccc(O)c3O)C2=O)cc2c1OCO2. The molecule has 2 heterocycles. The molecule has 0 aromatic heterocycles. The van der Waals surface area contributed by atoms with Gasteiger partial charge in [0.1, 0.15) is 0 Å². The van der Waals surface area contributed by atoms with Crippen molar-refractivity contribution in [1.29, 1.82) is 0 Å². The topological polar surface area (TPSA) is 94.5 Å². The lowest BCUT2D eigenvalue weighted by molar-refractivity contribution is 0.101. The number of phenolic OH excluding ortho intramolecular Hbond substituents is 2. The molecule has 2 aliphatic heterocycles. The van der Waals surface area contributed by atoms with E-state index in [4.69, 9.17) is 18.9 Å². The first kappa shape index (κ1) is 14.3. The first-order valence-corrected chi connectivity index (χ1v) is 7.05. The molecule has 7 heteroatoms. The molecule has 0 spiro atoms. The standard InChI is InChI=1S/C17H12O7/c1-21-12-5-8(6-13-17(12)23-7-22-13)4-11-14(19)9-2-3-10(18)15(20)16(9)24-11/h2-6,18,20H,7H2,1H3. The van der Waals surface area contributed by atoms with E-state index in [2.05, 4.69) is 0 Å². The number of hydrogen-bond donors (Lipinski definition) is 2. The number of ketones is 1. The van der Waals surface area contributed by atoms with E-state index in [0.717, 1.165) is 0 Å². The zero-order chi connectivity index (χ0) is 16.8. The zero-order valence-electron chi connectivity index (χ0n) is 12.5. The Morgan fingerprint density at radius 3 is 2.79 bits per heavy atom. The Balaban J connectivity index is 1.76. The van der Waals surface area contributed by atoms with Crippen molar-refractivity contribution in [1.82, 2.24) is 0 Å². The molecule has 0 aliphatic carbocycles. The van der Waals surface area contributed by atoms with Gasteiger partial charge in [0.05, 0.1) is 12.7 Å². The number of hydrogen-bond acceptors (Lipinski definition) is 7. The van der Waals surface area contributed by atoms with Crippen LogP contribution in [0.15, 0.2) is 30.0 Å². The lowest BCUT2D eigenvalue weighted by atomic mass is 10.1. The third-order valence-corrected chi connectivity index (χ3v) is 3.77. The van der Waals surface area contributed by atoms with Crippen LogP contribution in [0.25, 0.3) is 6.08 Å². The van der Waals surface area contributed by atoms with Crippen LogP contribution in [-0.2, 0) is 0 Å². The Kier molecular flexibility index (Phi) is 3.02. The quantitative estimate of drug-likeness (QED) is 0.646. The van der Waals surface area contributed by atoms with Crippen molar-refractivity contribution in [2.75, 3.05) is 13.9 Å². The summed E-state index contributed by atoms with van der Waals surface area (Å²) < 4.78 is 21.3. The van der Waals surface area contributed by atoms with Crippen LogP contribution in [0, 0.1) is 0 Å². The van der Waals surface area contributed by atoms with Crippen LogP contribution in [-0.4, -0.2) is 29.9 Å². The molecule has 2 aromatic carbocycles. The lowest BCUT2D eigenvalue weighted by Gasteiger charge is -2.06. The number of carbonyl (C=O) groups is 1. The summed E-state index contributed by atoms with van der Waals surface area (Å²) in [5, 5.41) is 19.3. The maximum Gasteiger partial charge on any atom is 0.232 e. The number of Topliss-reactive ketones (excluding diaryl/α,β-unsaturated/α-hetero) is 1. The highest BCUT2D eigenvalue weighted by molar-refractivity contribution is 6.15. The predicted molar refractivity (Wildman–Crippen MR) is 81.8 cm³/mol. The Bertz CT molecular complexity index is 898. The summed E-state index contributed by atoms with van der Waals surface area (Å²) in [5.74, 6) is 0.233. The van der Waals surface area contributed by atoms with Crippen LogP contribution in [0.3, 0.4) is 0 Å². The molecule has 4 rings (SSSR count). The summed E-state index contributed by atoms with van der Waals surface area (Å²) in [5.41, 5.74) is 0.792. The highest BCUT2D eigenvalue weighted by atomic mass is 16.7. The molecular weight excluding hydrogens is 316 g/mol. The number of phenols is 2. The van der Waals surface area contributed by atoms with Gasteiger partial charge in [-0.15, -0.1) is 0 Å². The van der Waals surface area contributed by atoms with Gasteiger partial charge in [-0.05, 0) is 35.9 Å². The molecule has 0 atom stereocenters. The molecule has 24 heavy (non-hydrogen) atoms. The van der Waals surface area contributed by atoms with Gasteiger partial charge in [-0.3, -0.25) is 4.79 Å². The molecular formula is C17H12O7. The lowest BCUT2D eigenvalue weighted by Crippen LogP contribution is -1.98. The van der Waals surface area contributed by atoms with Crippen LogP contribution >= 0.6 is 0 Å². The van der Waals surface area contributed by atoms with Gasteiger partial charge in [-0.1, -0.05) is 0 Å². The van der Waals surface area contributed by atoms with E-state index < -0.39 is 11.5 Å². The second kappa shape index (κ2) is 5.09. The molecule has 2 N–H and O–H groups in total. The van der Waals surface area contributed by atoms with Crippen molar-refractivity contribution in [3.8, 4) is 34.5 Å². The molecule has 7 nitrogen and oxygen atoms in total. The Morgan fingerprint density at radius 1 is 1.17 bits per heavy atom. The summed E-state index contributed by atoms with van der Waals surface area (Å²) in [6.45, 7) is 0.0970. The van der Waals surface area contributed by atoms with Gasteiger partial charge in [-0.2, -0.15) is 0 Å². The first-order valence-electron chi connectivity index (χ1n) is 7.05. The summed E-state index contributed by atoms with van der Waals surface area (Å²) in [6.07, 6.45) is 1.50. The molecule has 0 unspecified atom stereocenters. The minimum Gasteiger partial charge on any atom is -0.504 e. The van der Waals surface area contributed by atoms with E-state index >= 15 is 0 Å². The van der Waals surface area contributed by atoms with E-state index in [1.165, 1.54) is 25.3 Å². The molecule has 0 amide bonds. The van der Waals surface area contributed by atoms with Crippen LogP contribution in [0.2, 0.25) is 0 Å². The fraction of sp³-hybridized carbons (Fsp3) is 0.118. The smallest absolute Gasteiger partial charge is 0.232 e. The van der Waals surface area contributed by atoms with Gasteiger partial charge in [0, 0.05) is 0 Å². The molecule has 122 valence electrons. The number of fused-ring (bicyclic) bond motifs is 2. The van der Waals surface area contributed by atoms with E-state index in [-0.39, 0.29) is 29.6 Å². The van der Waals surface area contributed by atoms with Gasteiger partial charge >= 0.3 is 0 Å². The average molecular weight is 328 g/mol. The minimum absolute atomic E-state index is 0.0202. The maximum atomic E-state index is 12.4. The average Bonchev–Trinajstić information content (AvgIpc) is 3.16. The number of aromatic hydroxyl groups is 2. The van der Waals surface area contributed by atoms with Crippen LogP contribution < -0.4 is 18.9 Å². The highest BCUT2D eigenvalue weighted by Crippen LogP contribution is 2.45. The fourth-order valence-electron chi connectivity index (χ4n) is 2.61. The van der Waals surface area contributed by atoms with Gasteiger partial charge in [0.25, 0.3) is 0 Å². The highest BCUT2D eigenvalue weighted by Gasteiger charge is 2.31. The number of ether oxygens (including phenoxy) is 4. The predicted octanol–water partition coefficient (Wildman–Crippen LogP) is 2.45. The number of rotatable bonds is 2. The van der Waals surface area contributed by atoms with Crippen molar-refractivity contribution in [3.63, 3.8) is 0 Å². The molecule has 0 fully saturated rings. The molecule has 2 aliphatic rings. The molecule has 0 saturated carbocycles. The van der Waals surface area contributed by atoms with Crippen molar-refractivity contribution in [2.45, 2.75) is 0 Å². The van der Waals surface area contributed by atoms with Gasteiger partial charge < -0.3 is 29.2 Å². The number of carbonyl (C=O) groups excluding carboxylic acids is 1. The summed E-state index contributed by atoms with van der Waals surface area (Å²) >= 11 is 0. The van der Waals surface area contributed by atoms with Gasteiger partial charge in [0.15, 0.2) is 28.8 Å².